The normalized spacial score (nSPS) is 24.9. The first-order chi connectivity index (χ1) is 15.4. The van der Waals surface area contributed by atoms with E-state index in [9.17, 15) is 30.8 Å². The molecule has 2 aliphatic rings. The van der Waals surface area contributed by atoms with Gasteiger partial charge >= 0.3 is 6.18 Å². The Morgan fingerprint density at radius 3 is 2.33 bits per heavy atom. The maximum Gasteiger partial charge on any atom is 0.416 e. The van der Waals surface area contributed by atoms with Crippen molar-refractivity contribution in [1.82, 2.24) is 5.32 Å². The average molecular weight is 489 g/mol. The maximum absolute atomic E-state index is 15.1. The van der Waals surface area contributed by atoms with Crippen LogP contribution in [0.4, 0.5) is 22.0 Å². The third-order valence-corrected chi connectivity index (χ3v) is 8.98. The van der Waals surface area contributed by atoms with Gasteiger partial charge in [-0.3, -0.25) is 4.79 Å². The number of ether oxygens (including phenoxy) is 1. The van der Waals surface area contributed by atoms with Crippen LogP contribution in [0, 0.1) is 17.6 Å². The van der Waals surface area contributed by atoms with E-state index in [1.54, 1.807) is 0 Å². The van der Waals surface area contributed by atoms with Crippen molar-refractivity contribution >= 4 is 15.7 Å². The monoisotopic (exact) mass is 489 g/mol. The number of benzene rings is 2. The molecule has 4 rings (SSSR count). The highest BCUT2D eigenvalue weighted by Crippen LogP contribution is 2.56. The molecule has 1 amide bonds. The van der Waals surface area contributed by atoms with Crippen LogP contribution in [0.2, 0.25) is 0 Å². The first-order valence-corrected chi connectivity index (χ1v) is 11.7. The molecule has 1 aliphatic carbocycles. The second-order valence-electron chi connectivity index (χ2n) is 8.33. The van der Waals surface area contributed by atoms with Gasteiger partial charge in [0.05, 0.1) is 22.6 Å². The third-order valence-electron chi connectivity index (χ3n) is 6.38. The number of alkyl halides is 3. The standard InChI is InChI=1S/C22H20F5NO4S/c1-12(29)28-15-8-9-21(33(30,31)16-4-2-13(3-5-16)22(25,26)27)14(10-15)11-32-20-18(24)7-6-17(23)19(20)21/h2-7,14-15H,8-11H2,1H3,(H,28,29)/t14?,15-,21+/m1/s1. The molecule has 0 saturated heterocycles. The second-order valence-corrected chi connectivity index (χ2v) is 10.5. The number of halogens is 5. The molecule has 5 nitrogen and oxygen atoms in total. The summed E-state index contributed by atoms with van der Waals surface area (Å²) in [6, 6.07) is 4.17. The molecule has 0 radical (unpaired) electrons. The van der Waals surface area contributed by atoms with Gasteiger partial charge < -0.3 is 10.1 Å². The Hall–Kier alpha value is -2.69. The molecule has 1 fully saturated rings. The first kappa shape index (κ1) is 23.5. The molecule has 178 valence electrons. The van der Waals surface area contributed by atoms with Crippen LogP contribution < -0.4 is 10.1 Å². The van der Waals surface area contributed by atoms with E-state index in [1.165, 1.54) is 6.92 Å². The van der Waals surface area contributed by atoms with E-state index in [0.29, 0.717) is 12.1 Å². The number of rotatable bonds is 3. The molecule has 1 saturated carbocycles. The lowest BCUT2D eigenvalue weighted by Gasteiger charge is -2.49. The lowest BCUT2D eigenvalue weighted by Crippen LogP contribution is -2.55. The number of fused-ring (bicyclic) bond motifs is 3. The Bertz CT molecular complexity index is 1200. The van der Waals surface area contributed by atoms with Crippen LogP contribution in [-0.2, 0) is 25.6 Å². The van der Waals surface area contributed by atoms with Crippen LogP contribution in [0.3, 0.4) is 0 Å². The van der Waals surface area contributed by atoms with Crippen molar-refractivity contribution in [3.8, 4) is 5.75 Å². The second kappa shape index (κ2) is 7.96. The quantitative estimate of drug-likeness (QED) is 0.651. The van der Waals surface area contributed by atoms with Crippen molar-refractivity contribution in [1.29, 1.82) is 0 Å². The largest absolute Gasteiger partial charge is 0.490 e. The van der Waals surface area contributed by atoms with Crippen LogP contribution in [0.1, 0.15) is 37.3 Å². The van der Waals surface area contributed by atoms with Gasteiger partial charge in [-0.2, -0.15) is 13.2 Å². The van der Waals surface area contributed by atoms with Crippen molar-refractivity contribution in [2.24, 2.45) is 5.92 Å². The number of amides is 1. The number of hydrogen-bond acceptors (Lipinski definition) is 4. The summed E-state index contributed by atoms with van der Waals surface area (Å²) in [6.07, 6.45) is -4.59. The highest BCUT2D eigenvalue weighted by Gasteiger charge is 2.59. The third kappa shape index (κ3) is 3.75. The zero-order valence-corrected chi connectivity index (χ0v) is 18.2. The molecule has 1 unspecified atom stereocenters. The summed E-state index contributed by atoms with van der Waals surface area (Å²) in [6.45, 7) is 1.05. The smallest absolute Gasteiger partial charge is 0.416 e. The predicted octanol–water partition coefficient (Wildman–Crippen LogP) is 4.35. The van der Waals surface area contributed by atoms with E-state index in [2.05, 4.69) is 5.32 Å². The maximum atomic E-state index is 15.1. The minimum Gasteiger partial charge on any atom is -0.490 e. The van der Waals surface area contributed by atoms with E-state index in [4.69, 9.17) is 4.74 Å². The molecule has 3 atom stereocenters. The molecule has 1 N–H and O–H groups in total. The minimum atomic E-state index is -4.67. The van der Waals surface area contributed by atoms with E-state index in [1.807, 2.05) is 0 Å². The number of carbonyl (C=O) groups is 1. The van der Waals surface area contributed by atoms with Crippen LogP contribution in [0.15, 0.2) is 41.3 Å². The van der Waals surface area contributed by atoms with Gasteiger partial charge in [-0.1, -0.05) is 0 Å². The molecule has 0 aromatic heterocycles. The van der Waals surface area contributed by atoms with Crippen molar-refractivity contribution < 1.29 is 39.9 Å². The molecule has 2 aromatic rings. The van der Waals surface area contributed by atoms with Crippen molar-refractivity contribution in [3.63, 3.8) is 0 Å². The number of sulfone groups is 1. The Morgan fingerprint density at radius 1 is 1.09 bits per heavy atom. The summed E-state index contributed by atoms with van der Waals surface area (Å²) >= 11 is 0. The van der Waals surface area contributed by atoms with Crippen molar-refractivity contribution in [3.05, 3.63) is 59.2 Å². The SMILES string of the molecule is CC(=O)N[C@@H]1CC[C@@]2(S(=O)(=O)c3ccc(C(F)(F)F)cc3)c3c(F)ccc(F)c3OCC2C1. The molecular weight excluding hydrogens is 469 g/mol. The van der Waals surface area contributed by atoms with Gasteiger partial charge in [-0.15, -0.1) is 0 Å². The van der Waals surface area contributed by atoms with E-state index in [-0.39, 0.29) is 31.8 Å². The fourth-order valence-electron chi connectivity index (χ4n) is 4.97. The summed E-state index contributed by atoms with van der Waals surface area (Å²) in [5.41, 5.74) is -1.49. The molecular formula is C22H20F5NO4S. The fraction of sp³-hybridized carbons (Fsp3) is 0.409. The zero-order valence-electron chi connectivity index (χ0n) is 17.4. The van der Waals surface area contributed by atoms with Crippen molar-refractivity contribution in [2.75, 3.05) is 6.61 Å². The van der Waals surface area contributed by atoms with Gasteiger partial charge in [-0.05, 0) is 55.7 Å². The minimum absolute atomic E-state index is 0.106. The fourth-order valence-corrected chi connectivity index (χ4v) is 7.33. The Kier molecular flexibility index (Phi) is 5.66. The lowest BCUT2D eigenvalue weighted by atomic mass is 9.71. The lowest BCUT2D eigenvalue weighted by molar-refractivity contribution is -0.137. The van der Waals surface area contributed by atoms with Gasteiger partial charge in [0.15, 0.2) is 21.4 Å². The Labute approximate surface area is 186 Å². The van der Waals surface area contributed by atoms with Crippen molar-refractivity contribution in [2.45, 2.75) is 48.0 Å². The van der Waals surface area contributed by atoms with E-state index < -0.39 is 66.1 Å². The number of carbonyl (C=O) groups excluding carboxylic acids is 1. The van der Waals surface area contributed by atoms with Crippen LogP contribution in [-0.4, -0.2) is 27.0 Å². The molecule has 1 aliphatic heterocycles. The van der Waals surface area contributed by atoms with Crippen LogP contribution in [0.5, 0.6) is 5.75 Å². The van der Waals surface area contributed by atoms with Gasteiger partial charge in [-0.25, -0.2) is 17.2 Å². The van der Waals surface area contributed by atoms with E-state index >= 15 is 4.39 Å². The summed E-state index contributed by atoms with van der Waals surface area (Å²) in [7, 11) is -4.52. The Balaban J connectivity index is 1.90. The Morgan fingerprint density at radius 2 is 1.73 bits per heavy atom. The predicted molar refractivity (Wildman–Crippen MR) is 107 cm³/mol. The first-order valence-electron chi connectivity index (χ1n) is 10.2. The molecule has 1 heterocycles. The summed E-state index contributed by atoms with van der Waals surface area (Å²) in [5.74, 6) is -3.63. The zero-order chi connectivity index (χ0) is 24.2. The van der Waals surface area contributed by atoms with Gasteiger partial charge in [0, 0.05) is 18.9 Å². The highest BCUT2D eigenvalue weighted by atomic mass is 32.2. The molecule has 11 heteroatoms. The van der Waals surface area contributed by atoms with Crippen LogP contribution >= 0.6 is 0 Å². The van der Waals surface area contributed by atoms with E-state index in [0.717, 1.165) is 24.3 Å². The van der Waals surface area contributed by atoms with Gasteiger partial charge in [0.2, 0.25) is 5.91 Å². The molecule has 2 aromatic carbocycles. The summed E-state index contributed by atoms with van der Waals surface area (Å²) in [4.78, 5) is 11.1. The number of hydrogen-bond donors (Lipinski definition) is 1. The van der Waals surface area contributed by atoms with Gasteiger partial charge in [0.1, 0.15) is 10.6 Å². The summed E-state index contributed by atoms with van der Waals surface area (Å²) < 4.78 is 100.0. The summed E-state index contributed by atoms with van der Waals surface area (Å²) in [5, 5.41) is 2.72. The topological polar surface area (TPSA) is 72.5 Å². The highest BCUT2D eigenvalue weighted by molar-refractivity contribution is 7.92. The average Bonchev–Trinajstić information content (AvgIpc) is 2.74. The molecule has 33 heavy (non-hydrogen) atoms. The van der Waals surface area contributed by atoms with Gasteiger partial charge in [0.25, 0.3) is 0 Å². The molecule has 0 bridgehead atoms. The number of nitrogens with one attached hydrogen (secondary N) is 1. The van der Waals surface area contributed by atoms with Crippen LogP contribution in [0.25, 0.3) is 0 Å². The molecule has 0 spiro atoms.